The SMILES string of the molecule is COc1cncc(CCC(N)C2CC2)c1. The van der Waals surface area contributed by atoms with E-state index in [1.807, 2.05) is 12.3 Å². The highest BCUT2D eigenvalue weighted by Gasteiger charge is 2.27. The van der Waals surface area contributed by atoms with E-state index in [-0.39, 0.29) is 0 Å². The van der Waals surface area contributed by atoms with Crippen molar-refractivity contribution in [2.45, 2.75) is 31.7 Å². The van der Waals surface area contributed by atoms with Gasteiger partial charge in [0.15, 0.2) is 0 Å². The fourth-order valence-corrected chi connectivity index (χ4v) is 1.81. The highest BCUT2D eigenvalue weighted by atomic mass is 16.5. The van der Waals surface area contributed by atoms with Crippen LogP contribution in [0.2, 0.25) is 0 Å². The molecule has 0 aromatic carbocycles. The fourth-order valence-electron chi connectivity index (χ4n) is 1.81. The predicted octanol–water partition coefficient (Wildman–Crippen LogP) is 1.76. The van der Waals surface area contributed by atoms with Crippen molar-refractivity contribution in [3.05, 3.63) is 24.0 Å². The first-order valence-corrected chi connectivity index (χ1v) is 5.53. The number of hydrogen-bond acceptors (Lipinski definition) is 3. The summed E-state index contributed by atoms with van der Waals surface area (Å²) in [4.78, 5) is 4.13. The van der Waals surface area contributed by atoms with Crippen LogP contribution >= 0.6 is 0 Å². The quantitative estimate of drug-likeness (QED) is 0.798. The van der Waals surface area contributed by atoms with Crippen LogP contribution in [-0.4, -0.2) is 18.1 Å². The Kier molecular flexibility index (Phi) is 3.21. The van der Waals surface area contributed by atoms with Gasteiger partial charge in [-0.05, 0) is 43.2 Å². The molecule has 3 nitrogen and oxygen atoms in total. The Labute approximate surface area is 90.7 Å². The lowest BCUT2D eigenvalue weighted by atomic mass is 10.0. The zero-order chi connectivity index (χ0) is 10.7. The molecule has 1 aliphatic rings. The van der Waals surface area contributed by atoms with Crippen LogP contribution in [0, 0.1) is 5.92 Å². The maximum absolute atomic E-state index is 6.05. The molecule has 1 fully saturated rings. The minimum Gasteiger partial charge on any atom is -0.495 e. The molecule has 1 aromatic heterocycles. The topological polar surface area (TPSA) is 48.1 Å². The van der Waals surface area contributed by atoms with E-state index >= 15 is 0 Å². The van der Waals surface area contributed by atoms with Crippen molar-refractivity contribution in [3.63, 3.8) is 0 Å². The Morgan fingerprint density at radius 1 is 1.53 bits per heavy atom. The van der Waals surface area contributed by atoms with Crippen molar-refractivity contribution in [2.24, 2.45) is 11.7 Å². The van der Waals surface area contributed by atoms with Gasteiger partial charge < -0.3 is 10.5 Å². The van der Waals surface area contributed by atoms with Crippen LogP contribution in [0.25, 0.3) is 0 Å². The molecule has 2 rings (SSSR count). The Hall–Kier alpha value is -1.09. The van der Waals surface area contributed by atoms with Gasteiger partial charge in [-0.2, -0.15) is 0 Å². The zero-order valence-electron chi connectivity index (χ0n) is 9.15. The third kappa shape index (κ3) is 2.93. The third-order valence-corrected chi connectivity index (χ3v) is 3.00. The summed E-state index contributed by atoms with van der Waals surface area (Å²) in [5.41, 5.74) is 7.26. The summed E-state index contributed by atoms with van der Waals surface area (Å²) in [6.07, 6.45) is 8.31. The normalized spacial score (nSPS) is 17.5. The average molecular weight is 206 g/mol. The van der Waals surface area contributed by atoms with Crippen molar-refractivity contribution in [1.29, 1.82) is 0 Å². The largest absolute Gasteiger partial charge is 0.495 e. The van der Waals surface area contributed by atoms with Gasteiger partial charge in [0.25, 0.3) is 0 Å². The molecule has 0 aliphatic heterocycles. The standard InChI is InChI=1S/C12H18N2O/c1-15-11-6-9(7-14-8-11)2-5-12(13)10-3-4-10/h6-8,10,12H,2-5,13H2,1H3. The van der Waals surface area contributed by atoms with Crippen LogP contribution in [0.4, 0.5) is 0 Å². The number of hydrogen-bond donors (Lipinski definition) is 1. The van der Waals surface area contributed by atoms with Crippen LogP contribution in [0.15, 0.2) is 18.5 Å². The van der Waals surface area contributed by atoms with E-state index in [1.165, 1.54) is 18.4 Å². The maximum Gasteiger partial charge on any atom is 0.137 e. The van der Waals surface area contributed by atoms with E-state index in [0.29, 0.717) is 6.04 Å². The van der Waals surface area contributed by atoms with Crippen molar-refractivity contribution >= 4 is 0 Å². The second kappa shape index (κ2) is 4.62. The van der Waals surface area contributed by atoms with Gasteiger partial charge in [0.1, 0.15) is 5.75 Å². The molecular weight excluding hydrogens is 188 g/mol. The molecular formula is C12H18N2O. The molecule has 0 spiro atoms. The van der Waals surface area contributed by atoms with E-state index in [2.05, 4.69) is 4.98 Å². The van der Waals surface area contributed by atoms with E-state index in [0.717, 1.165) is 24.5 Å². The summed E-state index contributed by atoms with van der Waals surface area (Å²) in [6.45, 7) is 0. The number of aromatic nitrogens is 1. The van der Waals surface area contributed by atoms with E-state index in [1.54, 1.807) is 13.3 Å². The van der Waals surface area contributed by atoms with Crippen LogP contribution in [-0.2, 0) is 6.42 Å². The first-order chi connectivity index (χ1) is 7.29. The molecule has 0 radical (unpaired) electrons. The molecule has 0 amide bonds. The molecule has 1 aliphatic carbocycles. The first-order valence-electron chi connectivity index (χ1n) is 5.53. The summed E-state index contributed by atoms with van der Waals surface area (Å²) >= 11 is 0. The van der Waals surface area contributed by atoms with Crippen molar-refractivity contribution in [3.8, 4) is 5.75 Å². The molecule has 1 heterocycles. The second-order valence-corrected chi connectivity index (χ2v) is 4.27. The number of methoxy groups -OCH3 is 1. The van der Waals surface area contributed by atoms with E-state index < -0.39 is 0 Å². The van der Waals surface area contributed by atoms with Crippen molar-refractivity contribution in [2.75, 3.05) is 7.11 Å². The lowest BCUT2D eigenvalue weighted by Gasteiger charge is -2.09. The van der Waals surface area contributed by atoms with Crippen LogP contribution in [0.1, 0.15) is 24.8 Å². The molecule has 3 heteroatoms. The molecule has 0 bridgehead atoms. The minimum absolute atomic E-state index is 0.371. The van der Waals surface area contributed by atoms with Gasteiger partial charge in [-0.25, -0.2) is 0 Å². The maximum atomic E-state index is 6.05. The molecule has 82 valence electrons. The number of nitrogens with zero attached hydrogens (tertiary/aromatic N) is 1. The summed E-state index contributed by atoms with van der Waals surface area (Å²) in [5.74, 6) is 1.61. The van der Waals surface area contributed by atoms with Gasteiger partial charge in [0.05, 0.1) is 13.3 Å². The summed E-state index contributed by atoms with van der Waals surface area (Å²) in [7, 11) is 1.66. The second-order valence-electron chi connectivity index (χ2n) is 4.27. The Bertz CT molecular complexity index is 323. The molecule has 0 saturated heterocycles. The van der Waals surface area contributed by atoms with E-state index in [9.17, 15) is 0 Å². The summed E-state index contributed by atoms with van der Waals surface area (Å²) in [6, 6.07) is 2.41. The van der Waals surface area contributed by atoms with Gasteiger partial charge in [-0.3, -0.25) is 4.98 Å². The zero-order valence-corrected chi connectivity index (χ0v) is 9.15. The smallest absolute Gasteiger partial charge is 0.137 e. The van der Waals surface area contributed by atoms with E-state index in [4.69, 9.17) is 10.5 Å². The Balaban J connectivity index is 1.86. The molecule has 1 unspecified atom stereocenters. The van der Waals surface area contributed by atoms with Gasteiger partial charge >= 0.3 is 0 Å². The first kappa shape index (κ1) is 10.4. The van der Waals surface area contributed by atoms with Gasteiger partial charge in [0, 0.05) is 12.2 Å². The van der Waals surface area contributed by atoms with Crippen LogP contribution < -0.4 is 10.5 Å². The number of aryl methyl sites for hydroxylation is 1. The van der Waals surface area contributed by atoms with Crippen LogP contribution in [0.5, 0.6) is 5.75 Å². The minimum atomic E-state index is 0.371. The summed E-state index contributed by atoms with van der Waals surface area (Å²) in [5, 5.41) is 0. The number of rotatable bonds is 5. The monoisotopic (exact) mass is 206 g/mol. The van der Waals surface area contributed by atoms with Gasteiger partial charge in [-0.15, -0.1) is 0 Å². The molecule has 1 aromatic rings. The average Bonchev–Trinajstić information content (AvgIpc) is 3.10. The van der Waals surface area contributed by atoms with Gasteiger partial charge in [-0.1, -0.05) is 0 Å². The lowest BCUT2D eigenvalue weighted by molar-refractivity contribution is 0.412. The van der Waals surface area contributed by atoms with Crippen LogP contribution in [0.3, 0.4) is 0 Å². The van der Waals surface area contributed by atoms with Crippen molar-refractivity contribution in [1.82, 2.24) is 4.98 Å². The highest BCUT2D eigenvalue weighted by molar-refractivity contribution is 5.23. The molecule has 2 N–H and O–H groups in total. The predicted molar refractivity (Wildman–Crippen MR) is 59.8 cm³/mol. The Morgan fingerprint density at radius 2 is 2.33 bits per heavy atom. The third-order valence-electron chi connectivity index (χ3n) is 3.00. The highest BCUT2D eigenvalue weighted by Crippen LogP contribution is 2.33. The molecule has 1 atom stereocenters. The number of ether oxygens (including phenoxy) is 1. The summed E-state index contributed by atoms with van der Waals surface area (Å²) < 4.78 is 5.13. The van der Waals surface area contributed by atoms with Gasteiger partial charge in [0.2, 0.25) is 0 Å². The number of pyridine rings is 1. The fraction of sp³-hybridized carbons (Fsp3) is 0.583. The number of nitrogens with two attached hydrogens (primary N) is 1. The Morgan fingerprint density at radius 3 is 3.00 bits per heavy atom. The van der Waals surface area contributed by atoms with Crippen molar-refractivity contribution < 1.29 is 4.74 Å². The lowest BCUT2D eigenvalue weighted by Crippen LogP contribution is -2.22. The molecule has 15 heavy (non-hydrogen) atoms. The molecule has 1 saturated carbocycles.